The summed E-state index contributed by atoms with van der Waals surface area (Å²) in [4.78, 5) is 27.2. The van der Waals surface area contributed by atoms with Gasteiger partial charge in [-0.2, -0.15) is 13.2 Å². The van der Waals surface area contributed by atoms with Crippen molar-refractivity contribution in [3.8, 4) is 10.6 Å². The highest BCUT2D eigenvalue weighted by molar-refractivity contribution is 7.85. The Morgan fingerprint density at radius 1 is 1.20 bits per heavy atom. The quantitative estimate of drug-likeness (QED) is 0.291. The zero-order valence-corrected chi connectivity index (χ0v) is 27.4. The Hall–Kier alpha value is -3.11. The molecule has 1 aromatic carbocycles. The predicted octanol–water partition coefficient (Wildman–Crippen LogP) is 4.16. The number of ether oxygens (including phenoxy) is 1. The van der Waals surface area contributed by atoms with Crippen LogP contribution in [0.4, 0.5) is 30.5 Å². The van der Waals surface area contributed by atoms with Crippen LogP contribution in [0.15, 0.2) is 35.4 Å². The number of nitrogens with one attached hydrogen (secondary N) is 1. The van der Waals surface area contributed by atoms with E-state index in [1.807, 2.05) is 19.1 Å². The van der Waals surface area contributed by atoms with Gasteiger partial charge in [0.1, 0.15) is 5.56 Å². The lowest BCUT2D eigenvalue weighted by molar-refractivity contribution is -0.137. The standard InChI is InChI=1S/C29H35F3N6O3S2.CH4O/c1-4-20-13-21(37-9-7-36(3)8-10-37)5-6-24(20)34-28-33-15-23(29(30,31)32)27(35-28)25-14-26(19(2)42-25)43(40)12-11-38(18-39)22-16-41-17-22;1-2/h5-6,13-15,18,22H,4,7-12,16-17H2,1-3H3,(H,33,34,35);2H,1H3. The first kappa shape index (κ1) is 34.8. The van der Waals surface area contributed by atoms with Gasteiger partial charge in [0, 0.05) is 68.0 Å². The van der Waals surface area contributed by atoms with E-state index in [-0.39, 0.29) is 34.9 Å². The molecule has 2 aromatic heterocycles. The first-order chi connectivity index (χ1) is 21.6. The Labute approximate surface area is 267 Å². The number of thiophene rings is 1. The average Bonchev–Trinajstić information content (AvgIpc) is 3.40. The van der Waals surface area contributed by atoms with Crippen molar-refractivity contribution in [3.63, 3.8) is 0 Å². The molecule has 45 heavy (non-hydrogen) atoms. The molecule has 2 aliphatic rings. The van der Waals surface area contributed by atoms with Crippen LogP contribution in [-0.2, 0) is 32.9 Å². The molecular formula is C30H39F3N6O4S2. The molecular weight excluding hydrogens is 629 g/mol. The molecule has 1 unspecified atom stereocenters. The van der Waals surface area contributed by atoms with Crippen molar-refractivity contribution in [2.24, 2.45) is 0 Å². The van der Waals surface area contributed by atoms with Gasteiger partial charge in [0.05, 0.1) is 45.5 Å². The fourth-order valence-electron chi connectivity index (χ4n) is 5.06. The molecule has 0 saturated carbocycles. The molecule has 1 amide bonds. The number of piperazine rings is 1. The number of likely N-dealkylation sites (N-methyl/N-ethyl adjacent to an activating group) is 1. The summed E-state index contributed by atoms with van der Waals surface area (Å²) in [5, 5.41) is 10.1. The van der Waals surface area contributed by atoms with E-state index in [4.69, 9.17) is 9.84 Å². The summed E-state index contributed by atoms with van der Waals surface area (Å²) in [7, 11) is 1.59. The number of halogens is 3. The van der Waals surface area contributed by atoms with Crippen molar-refractivity contribution >= 4 is 45.9 Å². The van der Waals surface area contributed by atoms with E-state index >= 15 is 0 Å². The number of benzene rings is 1. The third kappa shape index (κ3) is 8.38. The maximum atomic E-state index is 14.1. The van der Waals surface area contributed by atoms with Crippen LogP contribution in [0.1, 0.15) is 22.9 Å². The van der Waals surface area contributed by atoms with E-state index in [2.05, 4.69) is 38.2 Å². The summed E-state index contributed by atoms with van der Waals surface area (Å²) in [6.07, 6.45) is -2.46. The molecule has 4 heterocycles. The summed E-state index contributed by atoms with van der Waals surface area (Å²) in [5.41, 5.74) is 1.61. The number of nitrogens with zero attached hydrogens (tertiary/aromatic N) is 5. The van der Waals surface area contributed by atoms with Crippen molar-refractivity contribution in [2.45, 2.75) is 37.4 Å². The van der Waals surface area contributed by atoms with Crippen molar-refractivity contribution in [3.05, 3.63) is 46.5 Å². The van der Waals surface area contributed by atoms with Crippen LogP contribution in [0.5, 0.6) is 0 Å². The topological polar surface area (TPSA) is 111 Å². The Balaban J connectivity index is 0.00000226. The van der Waals surface area contributed by atoms with Gasteiger partial charge in [-0.05, 0) is 50.2 Å². The Kier molecular flexibility index (Phi) is 11.9. The van der Waals surface area contributed by atoms with Crippen LogP contribution < -0.4 is 10.2 Å². The highest BCUT2D eigenvalue weighted by Gasteiger charge is 2.36. The zero-order valence-electron chi connectivity index (χ0n) is 25.8. The molecule has 0 spiro atoms. The number of aliphatic hydroxyl groups is 1. The van der Waals surface area contributed by atoms with E-state index in [0.29, 0.717) is 35.8 Å². The fourth-order valence-corrected chi connectivity index (χ4v) is 7.62. The minimum absolute atomic E-state index is 0.0360. The van der Waals surface area contributed by atoms with Crippen LogP contribution in [0.2, 0.25) is 0 Å². The van der Waals surface area contributed by atoms with E-state index in [0.717, 1.165) is 67.8 Å². The molecule has 2 N–H and O–H groups in total. The Morgan fingerprint density at radius 2 is 1.91 bits per heavy atom. The molecule has 0 aliphatic carbocycles. The third-order valence-corrected chi connectivity index (χ3v) is 10.4. The van der Waals surface area contributed by atoms with Gasteiger partial charge in [-0.25, -0.2) is 9.97 Å². The largest absolute Gasteiger partial charge is 0.420 e. The monoisotopic (exact) mass is 668 g/mol. The van der Waals surface area contributed by atoms with E-state index in [1.165, 1.54) is 6.07 Å². The van der Waals surface area contributed by atoms with E-state index in [1.54, 1.807) is 11.8 Å². The number of aliphatic hydroxyl groups excluding tert-OH is 1. The molecule has 15 heteroatoms. The zero-order chi connectivity index (χ0) is 32.7. The van der Waals surface area contributed by atoms with Crippen molar-refractivity contribution in [1.29, 1.82) is 0 Å². The lowest BCUT2D eigenvalue weighted by Gasteiger charge is -2.34. The van der Waals surface area contributed by atoms with Crippen LogP contribution in [0, 0.1) is 6.92 Å². The van der Waals surface area contributed by atoms with Crippen molar-refractivity contribution in [2.75, 3.05) is 76.1 Å². The normalized spacial score (nSPS) is 16.4. The van der Waals surface area contributed by atoms with Crippen molar-refractivity contribution < 1.29 is 32.0 Å². The van der Waals surface area contributed by atoms with Gasteiger partial charge in [-0.3, -0.25) is 9.00 Å². The van der Waals surface area contributed by atoms with E-state index in [9.17, 15) is 22.2 Å². The highest BCUT2D eigenvalue weighted by atomic mass is 32.2. The molecule has 2 aliphatic heterocycles. The molecule has 2 saturated heterocycles. The molecule has 0 radical (unpaired) electrons. The molecule has 1 atom stereocenters. The van der Waals surface area contributed by atoms with Crippen LogP contribution in [0.3, 0.4) is 0 Å². The number of carbonyl (C=O) groups excluding carboxylic acids is 1. The van der Waals surface area contributed by atoms with E-state index < -0.39 is 22.5 Å². The molecule has 3 aromatic rings. The first-order valence-corrected chi connectivity index (χ1v) is 16.7. The number of rotatable bonds is 11. The summed E-state index contributed by atoms with van der Waals surface area (Å²) in [6, 6.07) is 7.50. The molecule has 10 nitrogen and oxygen atoms in total. The van der Waals surface area contributed by atoms with Gasteiger partial charge in [0.2, 0.25) is 12.4 Å². The van der Waals surface area contributed by atoms with Crippen LogP contribution in [0.25, 0.3) is 10.6 Å². The predicted molar refractivity (Wildman–Crippen MR) is 171 cm³/mol. The minimum atomic E-state index is -4.68. The molecule has 5 rings (SSSR count). The number of amides is 1. The fraction of sp³-hybridized carbons (Fsp3) is 0.500. The maximum absolute atomic E-state index is 14.1. The molecule has 246 valence electrons. The molecule has 2 fully saturated rings. The molecule has 0 bridgehead atoms. The van der Waals surface area contributed by atoms with Gasteiger partial charge in [0.25, 0.3) is 0 Å². The average molecular weight is 669 g/mol. The Bertz CT molecular complexity index is 1480. The lowest BCUT2D eigenvalue weighted by atomic mass is 10.1. The number of carbonyl (C=O) groups is 1. The number of anilines is 3. The van der Waals surface area contributed by atoms with Crippen molar-refractivity contribution in [1.82, 2.24) is 19.8 Å². The highest BCUT2D eigenvalue weighted by Crippen LogP contribution is 2.40. The summed E-state index contributed by atoms with van der Waals surface area (Å²) in [6.45, 7) is 8.71. The SMILES string of the molecule is CCc1cc(N2CCN(C)CC2)ccc1Nc1ncc(C(F)(F)F)c(-c2cc(S(=O)CCN(C=O)C3COC3)c(C)s2)n1.CO. The van der Waals surface area contributed by atoms with Gasteiger partial charge >= 0.3 is 6.18 Å². The van der Waals surface area contributed by atoms with Gasteiger partial charge in [-0.1, -0.05) is 6.92 Å². The smallest absolute Gasteiger partial charge is 0.400 e. The second-order valence-electron chi connectivity index (χ2n) is 10.7. The summed E-state index contributed by atoms with van der Waals surface area (Å²) in [5.74, 6) is 0.210. The van der Waals surface area contributed by atoms with Gasteiger partial charge in [-0.15, -0.1) is 11.3 Å². The number of aryl methyl sites for hydroxylation is 2. The number of hydrogen-bond acceptors (Lipinski definition) is 10. The third-order valence-electron chi connectivity index (χ3n) is 7.79. The maximum Gasteiger partial charge on any atom is 0.420 e. The lowest BCUT2D eigenvalue weighted by Crippen LogP contribution is -2.49. The number of hydrogen-bond donors (Lipinski definition) is 2. The minimum Gasteiger partial charge on any atom is -0.400 e. The number of alkyl halides is 3. The van der Waals surface area contributed by atoms with Gasteiger partial charge < -0.3 is 29.9 Å². The summed E-state index contributed by atoms with van der Waals surface area (Å²) < 4.78 is 60.5. The first-order valence-electron chi connectivity index (χ1n) is 14.6. The second kappa shape index (κ2) is 15.5. The Morgan fingerprint density at radius 3 is 2.51 bits per heavy atom. The number of aromatic nitrogens is 2. The van der Waals surface area contributed by atoms with Crippen LogP contribution >= 0.6 is 11.3 Å². The van der Waals surface area contributed by atoms with Crippen LogP contribution in [-0.4, -0.2) is 107 Å². The van der Waals surface area contributed by atoms with Gasteiger partial charge in [0.15, 0.2) is 0 Å². The summed E-state index contributed by atoms with van der Waals surface area (Å²) >= 11 is 1.11. The second-order valence-corrected chi connectivity index (χ2v) is 13.5.